The molecular weight excluding hydrogens is 546 g/mol. The number of aryl methyl sites for hydroxylation is 1. The highest BCUT2D eigenvalue weighted by atomic mass is 35.5. The van der Waals surface area contributed by atoms with E-state index in [-0.39, 0.29) is 17.3 Å². The van der Waals surface area contributed by atoms with Crippen LogP contribution in [0.5, 0.6) is 0 Å². The third kappa shape index (κ3) is 7.64. The minimum Gasteiger partial charge on any atom is -0.354 e. The van der Waals surface area contributed by atoms with E-state index in [1.54, 1.807) is 48.5 Å². The van der Waals surface area contributed by atoms with Crippen molar-refractivity contribution in [3.05, 3.63) is 95.0 Å². The average Bonchev–Trinajstić information content (AvgIpc) is 2.97. The molecule has 0 unspecified atom stereocenters. The molecule has 0 heterocycles. The predicted molar refractivity (Wildman–Crippen MR) is 161 cm³/mol. The average molecular weight is 584 g/mol. The molecule has 2 amide bonds. The first kappa shape index (κ1) is 31.2. The Bertz CT molecular complexity index is 1380. The van der Waals surface area contributed by atoms with Gasteiger partial charge in [0.1, 0.15) is 12.6 Å². The van der Waals surface area contributed by atoms with Gasteiger partial charge in [-0.15, -0.1) is 0 Å². The van der Waals surface area contributed by atoms with E-state index >= 15 is 0 Å². The number of nitrogens with zero attached hydrogens (tertiary/aromatic N) is 2. The molecule has 0 saturated heterocycles. The second-order valence-corrected chi connectivity index (χ2v) is 11.8. The summed E-state index contributed by atoms with van der Waals surface area (Å²) in [5.74, 6) is -0.773. The van der Waals surface area contributed by atoms with Gasteiger partial charge in [-0.1, -0.05) is 93.4 Å². The molecule has 0 aliphatic heterocycles. The number of unbranched alkanes of at least 4 members (excludes halogenated alkanes) is 1. The van der Waals surface area contributed by atoms with Crippen molar-refractivity contribution in [1.82, 2.24) is 10.2 Å². The summed E-state index contributed by atoms with van der Waals surface area (Å²) in [5.41, 5.74) is 1.89. The number of amides is 2. The van der Waals surface area contributed by atoms with E-state index in [9.17, 15) is 18.0 Å². The Balaban J connectivity index is 2.07. The molecule has 0 aliphatic carbocycles. The SMILES string of the molecule is CCCCNC(=O)[C@@H](CC)N(Cc1ccccc1Cl)C(=O)CN(c1ccccc1CC)S(=O)(=O)c1ccccc1. The molecule has 0 aromatic heterocycles. The van der Waals surface area contributed by atoms with Crippen molar-refractivity contribution >= 4 is 39.1 Å². The van der Waals surface area contributed by atoms with E-state index in [1.165, 1.54) is 17.0 Å². The number of halogens is 1. The summed E-state index contributed by atoms with van der Waals surface area (Å²) >= 11 is 6.45. The van der Waals surface area contributed by atoms with Crippen molar-refractivity contribution in [1.29, 1.82) is 0 Å². The zero-order chi connectivity index (χ0) is 29.1. The fraction of sp³-hybridized carbons (Fsp3) is 0.355. The summed E-state index contributed by atoms with van der Waals surface area (Å²) in [5, 5.41) is 3.40. The van der Waals surface area contributed by atoms with Crippen molar-refractivity contribution in [2.75, 3.05) is 17.4 Å². The number of anilines is 1. The number of carbonyl (C=O) groups excluding carboxylic acids is 2. The van der Waals surface area contributed by atoms with E-state index in [4.69, 9.17) is 11.6 Å². The summed E-state index contributed by atoms with van der Waals surface area (Å²) in [6, 6.07) is 21.6. The molecule has 0 radical (unpaired) electrons. The molecule has 214 valence electrons. The maximum absolute atomic E-state index is 14.2. The fourth-order valence-corrected chi connectivity index (χ4v) is 6.19. The number of benzene rings is 3. The molecule has 3 rings (SSSR count). The quantitative estimate of drug-likeness (QED) is 0.242. The number of rotatable bonds is 14. The molecule has 40 heavy (non-hydrogen) atoms. The lowest BCUT2D eigenvalue weighted by Crippen LogP contribution is -2.52. The molecule has 0 spiro atoms. The first-order valence-corrected chi connectivity index (χ1v) is 15.5. The van der Waals surface area contributed by atoms with Crippen LogP contribution in [-0.2, 0) is 32.6 Å². The standard InChI is InChI=1S/C31H38ClN3O4S/c1-4-7-21-33-31(37)28(6-3)34(22-25-16-11-13-19-27(25)32)30(36)23-35(29-20-14-12-15-24(29)5-2)40(38,39)26-17-9-8-10-18-26/h8-20,28H,4-7,21-23H2,1-3H3,(H,33,37)/t28-/m1/s1. The van der Waals surface area contributed by atoms with Gasteiger partial charge in [-0.2, -0.15) is 0 Å². The van der Waals surface area contributed by atoms with E-state index in [0.717, 1.165) is 22.7 Å². The van der Waals surface area contributed by atoms with Crippen LogP contribution in [0.15, 0.2) is 83.8 Å². The van der Waals surface area contributed by atoms with Crippen molar-refractivity contribution in [2.24, 2.45) is 0 Å². The Morgan fingerprint density at radius 3 is 2.12 bits per heavy atom. The van der Waals surface area contributed by atoms with Gasteiger partial charge in [0.25, 0.3) is 10.0 Å². The van der Waals surface area contributed by atoms with Crippen molar-refractivity contribution in [3.63, 3.8) is 0 Å². The van der Waals surface area contributed by atoms with Gasteiger partial charge >= 0.3 is 0 Å². The van der Waals surface area contributed by atoms with E-state index in [2.05, 4.69) is 5.32 Å². The van der Waals surface area contributed by atoms with Crippen LogP contribution >= 0.6 is 11.6 Å². The largest absolute Gasteiger partial charge is 0.354 e. The number of para-hydroxylation sites is 1. The minimum absolute atomic E-state index is 0.0624. The second kappa shape index (κ2) is 14.9. The molecule has 3 aromatic rings. The van der Waals surface area contributed by atoms with E-state index in [1.807, 2.05) is 39.0 Å². The number of hydrogen-bond acceptors (Lipinski definition) is 4. The Hall–Kier alpha value is -3.36. The first-order valence-electron chi connectivity index (χ1n) is 13.7. The molecule has 0 fully saturated rings. The number of hydrogen-bond donors (Lipinski definition) is 1. The molecule has 0 aliphatic rings. The third-order valence-electron chi connectivity index (χ3n) is 6.77. The molecule has 0 bridgehead atoms. The Morgan fingerprint density at radius 2 is 1.50 bits per heavy atom. The predicted octanol–water partition coefficient (Wildman–Crippen LogP) is 5.82. The summed E-state index contributed by atoms with van der Waals surface area (Å²) < 4.78 is 29.1. The van der Waals surface area contributed by atoms with Gasteiger partial charge in [0, 0.05) is 18.1 Å². The lowest BCUT2D eigenvalue weighted by molar-refractivity contribution is -0.140. The fourth-order valence-electron chi connectivity index (χ4n) is 4.52. The number of nitrogens with one attached hydrogen (secondary N) is 1. The number of carbonyl (C=O) groups is 2. The van der Waals surface area contributed by atoms with Gasteiger partial charge in [-0.05, 0) is 54.7 Å². The van der Waals surface area contributed by atoms with Crippen molar-refractivity contribution < 1.29 is 18.0 Å². The highest BCUT2D eigenvalue weighted by Crippen LogP contribution is 2.28. The van der Waals surface area contributed by atoms with Gasteiger partial charge in [0.2, 0.25) is 11.8 Å². The monoisotopic (exact) mass is 583 g/mol. The van der Waals surface area contributed by atoms with Gasteiger partial charge in [-0.3, -0.25) is 13.9 Å². The van der Waals surface area contributed by atoms with Crippen LogP contribution in [0.25, 0.3) is 0 Å². The summed E-state index contributed by atoms with van der Waals surface area (Å²) in [6.45, 7) is 5.89. The second-order valence-electron chi connectivity index (χ2n) is 9.49. The van der Waals surface area contributed by atoms with E-state index in [0.29, 0.717) is 35.7 Å². The van der Waals surface area contributed by atoms with Crippen LogP contribution in [0.3, 0.4) is 0 Å². The molecule has 1 N–H and O–H groups in total. The lowest BCUT2D eigenvalue weighted by atomic mass is 10.1. The normalized spacial score (nSPS) is 12.0. The van der Waals surface area contributed by atoms with Crippen LogP contribution in [-0.4, -0.2) is 44.3 Å². The lowest BCUT2D eigenvalue weighted by Gasteiger charge is -2.34. The van der Waals surface area contributed by atoms with Gasteiger partial charge in [-0.25, -0.2) is 8.42 Å². The van der Waals surface area contributed by atoms with Crippen molar-refractivity contribution in [2.45, 2.75) is 63.9 Å². The summed E-state index contributed by atoms with van der Waals surface area (Å²) in [4.78, 5) is 29.0. The van der Waals surface area contributed by atoms with Crippen LogP contribution in [0.1, 0.15) is 51.2 Å². The highest BCUT2D eigenvalue weighted by Gasteiger charge is 2.34. The molecule has 1 atom stereocenters. The van der Waals surface area contributed by atoms with Crippen LogP contribution in [0.4, 0.5) is 5.69 Å². The minimum atomic E-state index is -4.11. The van der Waals surface area contributed by atoms with Crippen LogP contribution < -0.4 is 9.62 Å². The smallest absolute Gasteiger partial charge is 0.264 e. The topological polar surface area (TPSA) is 86.8 Å². The Labute approximate surface area is 243 Å². The molecular formula is C31H38ClN3O4S. The van der Waals surface area contributed by atoms with Crippen LogP contribution in [0.2, 0.25) is 5.02 Å². The third-order valence-corrected chi connectivity index (χ3v) is 8.91. The maximum atomic E-state index is 14.2. The van der Waals surface area contributed by atoms with Gasteiger partial charge in [0.05, 0.1) is 10.6 Å². The van der Waals surface area contributed by atoms with Gasteiger partial charge < -0.3 is 10.2 Å². The Kier molecular flexibility index (Phi) is 11.6. The van der Waals surface area contributed by atoms with Crippen molar-refractivity contribution in [3.8, 4) is 0 Å². The Morgan fingerprint density at radius 1 is 0.875 bits per heavy atom. The summed E-state index contributed by atoms with van der Waals surface area (Å²) in [6.07, 6.45) is 2.66. The highest BCUT2D eigenvalue weighted by molar-refractivity contribution is 7.92. The zero-order valence-electron chi connectivity index (χ0n) is 23.3. The first-order chi connectivity index (χ1) is 19.2. The molecule has 9 heteroatoms. The van der Waals surface area contributed by atoms with E-state index < -0.39 is 28.5 Å². The van der Waals surface area contributed by atoms with Gasteiger partial charge in [0.15, 0.2) is 0 Å². The molecule has 0 saturated carbocycles. The maximum Gasteiger partial charge on any atom is 0.264 e. The number of sulfonamides is 1. The van der Waals surface area contributed by atoms with Crippen LogP contribution in [0, 0.1) is 0 Å². The summed E-state index contributed by atoms with van der Waals surface area (Å²) in [7, 11) is -4.11. The molecule has 7 nitrogen and oxygen atoms in total. The zero-order valence-corrected chi connectivity index (χ0v) is 24.9. The molecule has 3 aromatic carbocycles.